The van der Waals surface area contributed by atoms with Crippen molar-refractivity contribution >= 4 is 11.8 Å². The van der Waals surface area contributed by atoms with Gasteiger partial charge in [0.05, 0.1) is 0 Å². The van der Waals surface area contributed by atoms with Crippen LogP contribution in [0.3, 0.4) is 0 Å². The molecule has 0 spiro atoms. The van der Waals surface area contributed by atoms with Gasteiger partial charge in [0.25, 0.3) is 0 Å². The Morgan fingerprint density at radius 1 is 1.00 bits per heavy atom. The molecule has 0 saturated carbocycles. The van der Waals surface area contributed by atoms with Crippen LogP contribution in [0, 0.1) is 5.92 Å². The van der Waals surface area contributed by atoms with Crippen LogP contribution in [0.2, 0.25) is 0 Å². The second-order valence-corrected chi connectivity index (χ2v) is 5.33. The minimum Gasteiger partial charge on any atom is -0.354 e. The van der Waals surface area contributed by atoms with Gasteiger partial charge in [-0.3, -0.25) is 9.59 Å². The van der Waals surface area contributed by atoms with Gasteiger partial charge in [0.1, 0.15) is 0 Å². The highest BCUT2D eigenvalue weighted by Gasteiger charge is 2.09. The van der Waals surface area contributed by atoms with Crippen molar-refractivity contribution < 1.29 is 9.59 Å². The first-order chi connectivity index (χ1) is 8.23. The third-order valence-electron chi connectivity index (χ3n) is 2.66. The molecule has 0 aliphatic rings. The van der Waals surface area contributed by atoms with Gasteiger partial charge < -0.3 is 10.6 Å². The molecule has 4 heteroatoms. The molecular weight excluding hydrogens is 228 g/mol. The summed E-state index contributed by atoms with van der Waals surface area (Å²) < 4.78 is 0. The zero-order valence-electron chi connectivity index (χ0n) is 12.4. The largest absolute Gasteiger partial charge is 0.354 e. The van der Waals surface area contributed by atoms with Crippen LogP contribution < -0.4 is 10.6 Å². The predicted molar refractivity (Wildman–Crippen MR) is 74.1 cm³/mol. The molecule has 4 nitrogen and oxygen atoms in total. The zero-order valence-corrected chi connectivity index (χ0v) is 12.4. The fraction of sp³-hybridized carbons (Fsp3) is 0.714. The molecule has 0 aromatic rings. The van der Waals surface area contributed by atoms with E-state index in [9.17, 15) is 9.59 Å². The summed E-state index contributed by atoms with van der Waals surface area (Å²) in [5.41, 5.74) is 2.06. The molecule has 2 N–H and O–H groups in total. The van der Waals surface area contributed by atoms with Crippen molar-refractivity contribution in [1.82, 2.24) is 10.6 Å². The van der Waals surface area contributed by atoms with Gasteiger partial charge in [-0.05, 0) is 27.7 Å². The van der Waals surface area contributed by atoms with E-state index in [1.54, 1.807) is 0 Å². The fourth-order valence-corrected chi connectivity index (χ4v) is 1.34. The summed E-state index contributed by atoms with van der Waals surface area (Å²) >= 11 is 0. The fourth-order valence-electron chi connectivity index (χ4n) is 1.34. The molecule has 0 aromatic heterocycles. The van der Waals surface area contributed by atoms with Gasteiger partial charge in [0.2, 0.25) is 11.8 Å². The van der Waals surface area contributed by atoms with Crippen molar-refractivity contribution in [1.29, 1.82) is 0 Å². The Kier molecular flexibility index (Phi) is 7.32. The van der Waals surface area contributed by atoms with Gasteiger partial charge in [-0.2, -0.15) is 0 Å². The molecule has 104 valence electrons. The highest BCUT2D eigenvalue weighted by Crippen LogP contribution is 2.07. The van der Waals surface area contributed by atoms with Gasteiger partial charge in [0.15, 0.2) is 0 Å². The summed E-state index contributed by atoms with van der Waals surface area (Å²) in [5.74, 6) is 0.0492. The average Bonchev–Trinajstić information content (AvgIpc) is 2.23. The molecule has 0 heterocycles. The Bertz CT molecular complexity index is 331. The predicted octanol–water partition coefficient (Wildman–Crippen LogP) is 2.01. The minimum atomic E-state index is -0.0117. The first kappa shape index (κ1) is 16.7. The van der Waals surface area contributed by atoms with E-state index in [1.165, 1.54) is 0 Å². The third-order valence-corrected chi connectivity index (χ3v) is 2.66. The molecule has 0 atom stereocenters. The number of hydrogen-bond acceptors (Lipinski definition) is 2. The lowest BCUT2D eigenvalue weighted by Crippen LogP contribution is -2.31. The number of carbonyl (C=O) groups is 2. The van der Waals surface area contributed by atoms with Crippen molar-refractivity contribution in [3.05, 3.63) is 11.1 Å². The normalized spacial score (nSPS) is 12.4. The lowest BCUT2D eigenvalue weighted by molar-refractivity contribution is -0.123. The van der Waals surface area contributed by atoms with Crippen molar-refractivity contribution in [2.24, 2.45) is 5.92 Å². The Labute approximate surface area is 110 Å². The van der Waals surface area contributed by atoms with Gasteiger partial charge in [-0.1, -0.05) is 25.0 Å². The Morgan fingerprint density at radius 3 is 2.00 bits per heavy atom. The van der Waals surface area contributed by atoms with E-state index in [4.69, 9.17) is 0 Å². The first-order valence-corrected chi connectivity index (χ1v) is 6.46. The highest BCUT2D eigenvalue weighted by atomic mass is 16.2. The van der Waals surface area contributed by atoms with Crippen LogP contribution in [0.25, 0.3) is 0 Å². The molecule has 0 unspecified atom stereocenters. The van der Waals surface area contributed by atoms with Crippen LogP contribution in [-0.2, 0) is 9.59 Å². The van der Waals surface area contributed by atoms with Crippen LogP contribution in [-0.4, -0.2) is 24.4 Å². The summed E-state index contributed by atoms with van der Waals surface area (Å²) in [5, 5.41) is 5.70. The van der Waals surface area contributed by atoms with Crippen molar-refractivity contribution in [3.8, 4) is 0 Å². The first-order valence-electron chi connectivity index (χ1n) is 6.46. The number of amides is 2. The molecule has 0 aromatic carbocycles. The Hall–Kier alpha value is -1.32. The minimum absolute atomic E-state index is 0.0117. The molecule has 0 aliphatic heterocycles. The van der Waals surface area contributed by atoms with E-state index in [2.05, 4.69) is 10.6 Å². The van der Waals surface area contributed by atoms with E-state index in [1.807, 2.05) is 41.5 Å². The topological polar surface area (TPSA) is 58.2 Å². The number of rotatable bonds is 6. The van der Waals surface area contributed by atoms with Crippen LogP contribution >= 0.6 is 0 Å². The summed E-state index contributed by atoms with van der Waals surface area (Å²) in [4.78, 5) is 23.0. The Morgan fingerprint density at radius 2 is 1.56 bits per heavy atom. The van der Waals surface area contributed by atoms with Gasteiger partial charge in [-0.25, -0.2) is 0 Å². The molecule has 0 rings (SSSR count). The summed E-state index contributed by atoms with van der Waals surface area (Å²) in [6.07, 6.45) is 0.390. The van der Waals surface area contributed by atoms with Crippen LogP contribution in [0.5, 0.6) is 0 Å². The molecular formula is C14H26N2O2. The molecule has 0 radical (unpaired) electrons. The maximum Gasteiger partial charge on any atom is 0.224 e. The molecule has 18 heavy (non-hydrogen) atoms. The van der Waals surface area contributed by atoms with Crippen LogP contribution in [0.15, 0.2) is 11.1 Å². The molecule has 2 amide bonds. The molecule has 0 aliphatic carbocycles. The summed E-state index contributed by atoms with van der Waals surface area (Å²) in [6.45, 7) is 12.0. The Balaban J connectivity index is 4.27. The molecule has 0 bridgehead atoms. The van der Waals surface area contributed by atoms with E-state index < -0.39 is 0 Å². The second kappa shape index (κ2) is 7.90. The number of carbonyl (C=O) groups excluding carboxylic acids is 2. The van der Waals surface area contributed by atoms with Crippen molar-refractivity contribution in [2.45, 2.75) is 54.0 Å². The maximum absolute atomic E-state index is 11.6. The van der Waals surface area contributed by atoms with E-state index in [-0.39, 0.29) is 23.8 Å². The van der Waals surface area contributed by atoms with Gasteiger partial charge in [-0.15, -0.1) is 0 Å². The lowest BCUT2D eigenvalue weighted by Gasteiger charge is -2.12. The number of nitrogens with one attached hydrogen (secondary N) is 2. The SMILES string of the molecule is C/C(CNC(=O)C(C)C)=C(/C)CC(=O)NC(C)C. The van der Waals surface area contributed by atoms with E-state index in [0.717, 1.165) is 11.1 Å². The zero-order chi connectivity index (χ0) is 14.3. The third kappa shape index (κ3) is 7.09. The average molecular weight is 254 g/mol. The van der Waals surface area contributed by atoms with E-state index >= 15 is 0 Å². The standard InChI is InChI=1S/C14H26N2O2/c1-9(2)14(18)15-8-12(6)11(5)7-13(17)16-10(3)4/h9-10H,7-8H2,1-6H3,(H,15,18)(H,16,17)/b12-11+. The molecule has 0 fully saturated rings. The van der Waals surface area contributed by atoms with Crippen LogP contribution in [0.1, 0.15) is 48.0 Å². The number of hydrogen-bond donors (Lipinski definition) is 2. The summed E-state index contributed by atoms with van der Waals surface area (Å²) in [6, 6.07) is 0.159. The monoisotopic (exact) mass is 254 g/mol. The highest BCUT2D eigenvalue weighted by molar-refractivity contribution is 5.79. The summed E-state index contributed by atoms with van der Waals surface area (Å²) in [7, 11) is 0. The van der Waals surface area contributed by atoms with Crippen molar-refractivity contribution in [2.75, 3.05) is 6.54 Å². The quantitative estimate of drug-likeness (QED) is 0.712. The second-order valence-electron chi connectivity index (χ2n) is 5.33. The smallest absolute Gasteiger partial charge is 0.224 e. The lowest BCUT2D eigenvalue weighted by atomic mass is 10.1. The molecule has 0 saturated heterocycles. The van der Waals surface area contributed by atoms with Crippen molar-refractivity contribution in [3.63, 3.8) is 0 Å². The maximum atomic E-state index is 11.6. The van der Waals surface area contributed by atoms with Crippen LogP contribution in [0.4, 0.5) is 0 Å². The van der Waals surface area contributed by atoms with Gasteiger partial charge >= 0.3 is 0 Å². The van der Waals surface area contributed by atoms with Gasteiger partial charge in [0, 0.05) is 24.9 Å². The van der Waals surface area contributed by atoms with E-state index in [0.29, 0.717) is 13.0 Å².